The molecule has 0 spiro atoms. The van der Waals surface area contributed by atoms with Gasteiger partial charge in [0.05, 0.1) is 12.3 Å². The van der Waals surface area contributed by atoms with Gasteiger partial charge in [0, 0.05) is 20.2 Å². The fraction of sp³-hybridized carbons (Fsp3) is 0.538. The Balaban J connectivity index is 3.32. The summed E-state index contributed by atoms with van der Waals surface area (Å²) in [4.78, 5) is 0.193. The Morgan fingerprint density at radius 2 is 1.95 bits per heavy atom. The molecule has 0 heterocycles. The zero-order valence-corrected chi connectivity index (χ0v) is 12.9. The van der Waals surface area contributed by atoms with Gasteiger partial charge in [0.15, 0.2) is 0 Å². The lowest BCUT2D eigenvalue weighted by molar-refractivity contribution is 0.149. The van der Waals surface area contributed by atoms with Crippen LogP contribution in [0.2, 0.25) is 0 Å². The van der Waals surface area contributed by atoms with Gasteiger partial charge in [0.25, 0.3) is 0 Å². The third-order valence-corrected chi connectivity index (χ3v) is 5.55. The Labute approximate surface area is 115 Å². The fourth-order valence-electron chi connectivity index (χ4n) is 1.88. The molecule has 5 nitrogen and oxygen atoms in total. The Hall–Kier alpha value is -1.11. The van der Waals surface area contributed by atoms with Gasteiger partial charge in [0.1, 0.15) is 4.90 Å². The molecule has 1 atom stereocenters. The van der Waals surface area contributed by atoms with Crippen LogP contribution >= 0.6 is 0 Å². The Morgan fingerprint density at radius 3 is 2.47 bits per heavy atom. The molecule has 19 heavy (non-hydrogen) atoms. The maximum Gasteiger partial charge on any atom is 0.245 e. The number of nitrogen functional groups attached to an aromatic ring is 1. The van der Waals surface area contributed by atoms with Crippen molar-refractivity contribution in [3.63, 3.8) is 0 Å². The number of sulfonamides is 1. The van der Waals surface area contributed by atoms with Gasteiger partial charge in [-0.15, -0.1) is 0 Å². The number of nitrogens with two attached hydrogens (primary N) is 1. The molecule has 0 aromatic heterocycles. The SMILES string of the molecule is COCC(C)N(C)S(=O)(=O)c1c(N)ccc(C)c1C. The second-order valence-corrected chi connectivity index (χ2v) is 6.69. The van der Waals surface area contributed by atoms with Crippen LogP contribution in [-0.4, -0.2) is 39.5 Å². The first-order valence-corrected chi connectivity index (χ1v) is 7.50. The van der Waals surface area contributed by atoms with Crippen LogP contribution in [0.5, 0.6) is 0 Å². The van der Waals surface area contributed by atoms with Gasteiger partial charge in [-0.1, -0.05) is 6.07 Å². The van der Waals surface area contributed by atoms with Crippen molar-refractivity contribution < 1.29 is 13.2 Å². The van der Waals surface area contributed by atoms with E-state index in [0.717, 1.165) is 5.56 Å². The smallest absolute Gasteiger partial charge is 0.245 e. The van der Waals surface area contributed by atoms with E-state index >= 15 is 0 Å². The van der Waals surface area contributed by atoms with Crippen LogP contribution < -0.4 is 5.73 Å². The molecule has 0 aliphatic heterocycles. The number of aryl methyl sites for hydroxylation is 1. The molecule has 0 saturated carbocycles. The highest BCUT2D eigenvalue weighted by Gasteiger charge is 2.29. The first-order valence-electron chi connectivity index (χ1n) is 6.06. The Kier molecular flexibility index (Phi) is 4.95. The fourth-order valence-corrected chi connectivity index (χ4v) is 3.62. The average molecular weight is 286 g/mol. The van der Waals surface area contributed by atoms with Crippen molar-refractivity contribution in [1.29, 1.82) is 0 Å². The van der Waals surface area contributed by atoms with Gasteiger partial charge in [-0.3, -0.25) is 0 Å². The zero-order chi connectivity index (χ0) is 14.8. The van der Waals surface area contributed by atoms with Crippen molar-refractivity contribution in [2.24, 2.45) is 0 Å². The summed E-state index contributed by atoms with van der Waals surface area (Å²) in [5, 5.41) is 0. The van der Waals surface area contributed by atoms with E-state index in [1.54, 1.807) is 34.1 Å². The maximum atomic E-state index is 12.6. The molecule has 1 unspecified atom stereocenters. The Bertz CT molecular complexity index is 555. The van der Waals surface area contributed by atoms with Crippen LogP contribution in [0.4, 0.5) is 5.69 Å². The molecule has 0 aliphatic rings. The van der Waals surface area contributed by atoms with E-state index in [2.05, 4.69) is 0 Å². The summed E-state index contributed by atoms with van der Waals surface area (Å²) in [5.74, 6) is 0. The molecule has 1 aromatic carbocycles. The number of hydrogen-bond donors (Lipinski definition) is 1. The van der Waals surface area contributed by atoms with Crippen molar-refractivity contribution >= 4 is 15.7 Å². The number of benzene rings is 1. The number of methoxy groups -OCH3 is 1. The van der Waals surface area contributed by atoms with E-state index in [1.165, 1.54) is 4.31 Å². The number of rotatable bonds is 5. The third-order valence-electron chi connectivity index (χ3n) is 3.37. The molecule has 2 N–H and O–H groups in total. The van der Waals surface area contributed by atoms with Crippen molar-refractivity contribution in [2.75, 3.05) is 26.5 Å². The van der Waals surface area contributed by atoms with E-state index in [1.807, 2.05) is 13.0 Å². The molecule has 0 amide bonds. The van der Waals surface area contributed by atoms with E-state index < -0.39 is 10.0 Å². The zero-order valence-electron chi connectivity index (χ0n) is 12.1. The van der Waals surface area contributed by atoms with Gasteiger partial charge >= 0.3 is 0 Å². The molecule has 6 heteroatoms. The van der Waals surface area contributed by atoms with Gasteiger partial charge in [0.2, 0.25) is 10.0 Å². The molecule has 0 saturated heterocycles. The summed E-state index contributed by atoms with van der Waals surface area (Å²) in [5.41, 5.74) is 7.72. The van der Waals surface area contributed by atoms with Crippen molar-refractivity contribution in [2.45, 2.75) is 31.7 Å². The predicted molar refractivity (Wildman–Crippen MR) is 76.6 cm³/mol. The molecule has 0 aliphatic carbocycles. The first-order chi connectivity index (χ1) is 8.73. The van der Waals surface area contributed by atoms with Crippen LogP contribution in [0.15, 0.2) is 17.0 Å². The predicted octanol–water partition coefficient (Wildman–Crippen LogP) is 1.54. The van der Waals surface area contributed by atoms with Crippen LogP contribution in [0.1, 0.15) is 18.1 Å². The van der Waals surface area contributed by atoms with Gasteiger partial charge in [-0.05, 0) is 38.0 Å². The van der Waals surface area contributed by atoms with Crippen LogP contribution in [-0.2, 0) is 14.8 Å². The molecular weight excluding hydrogens is 264 g/mol. The second-order valence-electron chi connectivity index (χ2n) is 4.75. The normalized spacial score (nSPS) is 13.8. The van der Waals surface area contributed by atoms with Gasteiger partial charge < -0.3 is 10.5 Å². The lowest BCUT2D eigenvalue weighted by Crippen LogP contribution is -2.38. The minimum atomic E-state index is -3.62. The highest BCUT2D eigenvalue weighted by atomic mass is 32.2. The van der Waals surface area contributed by atoms with E-state index in [4.69, 9.17) is 10.5 Å². The molecule has 108 valence electrons. The molecule has 0 radical (unpaired) electrons. The third kappa shape index (κ3) is 3.08. The minimum Gasteiger partial charge on any atom is -0.398 e. The van der Waals surface area contributed by atoms with E-state index in [9.17, 15) is 8.42 Å². The Morgan fingerprint density at radius 1 is 1.37 bits per heavy atom. The largest absolute Gasteiger partial charge is 0.398 e. The van der Waals surface area contributed by atoms with Crippen molar-refractivity contribution in [3.8, 4) is 0 Å². The summed E-state index contributed by atoms with van der Waals surface area (Å²) < 4.78 is 31.6. The minimum absolute atomic E-state index is 0.193. The molecule has 1 rings (SSSR count). The molecule has 0 fully saturated rings. The maximum absolute atomic E-state index is 12.6. The number of likely N-dealkylation sites (N-methyl/N-ethyl adjacent to an activating group) is 1. The second kappa shape index (κ2) is 5.90. The lowest BCUT2D eigenvalue weighted by Gasteiger charge is -2.25. The standard InChI is InChI=1S/C13H22N2O3S/c1-9-6-7-12(14)13(11(9)3)19(16,17)15(4)10(2)8-18-5/h6-7,10H,8,14H2,1-5H3. The topological polar surface area (TPSA) is 72.6 Å². The summed E-state index contributed by atoms with van der Waals surface area (Å²) in [6.07, 6.45) is 0. The van der Waals surface area contributed by atoms with Crippen LogP contribution in [0.3, 0.4) is 0 Å². The van der Waals surface area contributed by atoms with Gasteiger partial charge in [-0.25, -0.2) is 8.42 Å². The summed E-state index contributed by atoms with van der Waals surface area (Å²) in [7, 11) is -0.529. The van der Waals surface area contributed by atoms with Crippen LogP contribution in [0, 0.1) is 13.8 Å². The van der Waals surface area contributed by atoms with E-state index in [0.29, 0.717) is 12.2 Å². The molecule has 1 aromatic rings. The monoisotopic (exact) mass is 286 g/mol. The highest BCUT2D eigenvalue weighted by molar-refractivity contribution is 7.89. The highest BCUT2D eigenvalue weighted by Crippen LogP contribution is 2.28. The quantitative estimate of drug-likeness (QED) is 0.833. The summed E-state index contributed by atoms with van der Waals surface area (Å²) >= 11 is 0. The number of ether oxygens (including phenoxy) is 1. The lowest BCUT2D eigenvalue weighted by atomic mass is 10.1. The van der Waals surface area contributed by atoms with E-state index in [-0.39, 0.29) is 16.6 Å². The van der Waals surface area contributed by atoms with Crippen molar-refractivity contribution in [3.05, 3.63) is 23.3 Å². The van der Waals surface area contributed by atoms with Gasteiger partial charge in [-0.2, -0.15) is 4.31 Å². The molecule has 0 bridgehead atoms. The summed E-state index contributed by atoms with van der Waals surface area (Å²) in [6.45, 7) is 5.77. The number of hydrogen-bond acceptors (Lipinski definition) is 4. The van der Waals surface area contributed by atoms with Crippen LogP contribution in [0.25, 0.3) is 0 Å². The average Bonchev–Trinajstić information content (AvgIpc) is 2.33. The van der Waals surface area contributed by atoms with Crippen molar-refractivity contribution in [1.82, 2.24) is 4.31 Å². The summed E-state index contributed by atoms with van der Waals surface area (Å²) in [6, 6.07) is 3.20. The first kappa shape index (κ1) is 15.9. The number of anilines is 1. The number of nitrogens with zero attached hydrogens (tertiary/aromatic N) is 1. The molecular formula is C13H22N2O3S.